The molecule has 98 valence electrons. The number of halogens is 1. The Morgan fingerprint density at radius 1 is 1.21 bits per heavy atom. The molecule has 0 aromatic heterocycles. The third-order valence-corrected chi connectivity index (χ3v) is 3.55. The molecule has 0 amide bonds. The Bertz CT molecular complexity index is 584. The van der Waals surface area contributed by atoms with Gasteiger partial charge in [0.05, 0.1) is 12.9 Å². The van der Waals surface area contributed by atoms with Gasteiger partial charge >= 0.3 is 0 Å². The van der Waals surface area contributed by atoms with Crippen LogP contribution in [-0.4, -0.2) is 18.6 Å². The summed E-state index contributed by atoms with van der Waals surface area (Å²) >= 11 is 1.32. The van der Waals surface area contributed by atoms with Gasteiger partial charge in [-0.25, -0.2) is 4.39 Å². The minimum absolute atomic E-state index is 0.00633. The highest BCUT2D eigenvalue weighted by Crippen LogP contribution is 2.21. The number of carbonyl (C=O) groups excluding carboxylic acids is 1. The van der Waals surface area contributed by atoms with Gasteiger partial charge in [-0.2, -0.15) is 0 Å². The normalized spacial score (nSPS) is 10.2. The average molecular weight is 276 g/mol. The van der Waals surface area contributed by atoms with E-state index >= 15 is 0 Å². The molecule has 2 nitrogen and oxygen atoms in total. The van der Waals surface area contributed by atoms with E-state index in [1.165, 1.54) is 23.9 Å². The number of thioether (sulfide) groups is 1. The van der Waals surface area contributed by atoms with Crippen LogP contribution < -0.4 is 4.74 Å². The number of ketones is 1. The van der Waals surface area contributed by atoms with E-state index in [1.807, 2.05) is 0 Å². The lowest BCUT2D eigenvalue weighted by Crippen LogP contribution is -2.02. The van der Waals surface area contributed by atoms with Gasteiger partial charge in [-0.05, 0) is 30.3 Å². The summed E-state index contributed by atoms with van der Waals surface area (Å²) in [5.74, 6) is 0.630. The number of rotatable bonds is 5. The fourth-order valence-corrected chi connectivity index (χ4v) is 2.42. The molecule has 0 fully saturated rings. The molecule has 0 saturated heterocycles. The highest BCUT2D eigenvalue weighted by atomic mass is 32.2. The molecule has 2 aromatic carbocycles. The molecule has 2 rings (SSSR count). The van der Waals surface area contributed by atoms with Crippen molar-refractivity contribution in [1.29, 1.82) is 0 Å². The Labute approximate surface area is 115 Å². The first-order chi connectivity index (χ1) is 9.19. The summed E-state index contributed by atoms with van der Waals surface area (Å²) in [6, 6.07) is 13.2. The van der Waals surface area contributed by atoms with E-state index in [9.17, 15) is 9.18 Å². The van der Waals surface area contributed by atoms with Crippen LogP contribution in [-0.2, 0) is 0 Å². The maximum absolute atomic E-state index is 13.0. The second kappa shape index (κ2) is 6.38. The topological polar surface area (TPSA) is 26.3 Å². The lowest BCUT2D eigenvalue weighted by molar-refractivity contribution is 0.102. The zero-order valence-electron chi connectivity index (χ0n) is 10.4. The molecule has 0 saturated carbocycles. The van der Waals surface area contributed by atoms with Gasteiger partial charge in [-0.3, -0.25) is 4.79 Å². The van der Waals surface area contributed by atoms with E-state index in [0.29, 0.717) is 11.3 Å². The van der Waals surface area contributed by atoms with Crippen LogP contribution in [0.15, 0.2) is 53.4 Å². The molecule has 4 heteroatoms. The molecule has 0 bridgehead atoms. The Morgan fingerprint density at radius 3 is 2.74 bits per heavy atom. The van der Waals surface area contributed by atoms with Crippen LogP contribution in [0.5, 0.6) is 5.75 Å². The summed E-state index contributed by atoms with van der Waals surface area (Å²) in [6.45, 7) is 0. The molecule has 0 heterocycles. The molecular weight excluding hydrogens is 263 g/mol. The number of hydrogen-bond donors (Lipinski definition) is 0. The van der Waals surface area contributed by atoms with Crippen LogP contribution in [0.4, 0.5) is 4.39 Å². The first kappa shape index (κ1) is 13.6. The summed E-state index contributed by atoms with van der Waals surface area (Å²) < 4.78 is 18.1. The quantitative estimate of drug-likeness (QED) is 0.613. The van der Waals surface area contributed by atoms with Crippen molar-refractivity contribution in [1.82, 2.24) is 0 Å². The number of methoxy groups -OCH3 is 1. The van der Waals surface area contributed by atoms with Crippen LogP contribution in [0.3, 0.4) is 0 Å². The second-order valence-electron chi connectivity index (χ2n) is 3.90. The monoisotopic (exact) mass is 276 g/mol. The van der Waals surface area contributed by atoms with Gasteiger partial charge in [0.1, 0.15) is 11.6 Å². The molecule has 0 aliphatic rings. The molecule has 0 radical (unpaired) electrons. The van der Waals surface area contributed by atoms with Gasteiger partial charge in [0.15, 0.2) is 5.78 Å². The largest absolute Gasteiger partial charge is 0.497 e. The molecule has 0 unspecified atom stereocenters. The summed E-state index contributed by atoms with van der Waals surface area (Å²) in [4.78, 5) is 12.7. The van der Waals surface area contributed by atoms with E-state index in [-0.39, 0.29) is 17.4 Å². The molecule has 2 aromatic rings. The summed E-state index contributed by atoms with van der Waals surface area (Å²) in [5, 5.41) is 0. The zero-order valence-corrected chi connectivity index (χ0v) is 11.2. The van der Waals surface area contributed by atoms with Gasteiger partial charge in [-0.15, -0.1) is 11.8 Å². The molecule has 0 spiro atoms. The third kappa shape index (κ3) is 3.83. The predicted molar refractivity (Wildman–Crippen MR) is 74.4 cm³/mol. The first-order valence-corrected chi connectivity index (χ1v) is 6.73. The molecule has 0 N–H and O–H groups in total. The van der Waals surface area contributed by atoms with Gasteiger partial charge in [-0.1, -0.05) is 18.2 Å². The second-order valence-corrected chi connectivity index (χ2v) is 4.95. The molecular formula is C15H13FO2S. The molecule has 0 aliphatic heterocycles. The van der Waals surface area contributed by atoms with Crippen molar-refractivity contribution in [2.24, 2.45) is 0 Å². The van der Waals surface area contributed by atoms with Crippen molar-refractivity contribution in [2.45, 2.75) is 4.90 Å². The Kier molecular flexibility index (Phi) is 4.58. The van der Waals surface area contributed by atoms with Gasteiger partial charge < -0.3 is 4.74 Å². The first-order valence-electron chi connectivity index (χ1n) is 5.74. The fraction of sp³-hybridized carbons (Fsp3) is 0.133. The van der Waals surface area contributed by atoms with E-state index in [0.717, 1.165) is 4.90 Å². The average Bonchev–Trinajstić information content (AvgIpc) is 2.45. The Morgan fingerprint density at radius 2 is 2.00 bits per heavy atom. The van der Waals surface area contributed by atoms with Crippen molar-refractivity contribution in [2.75, 3.05) is 12.9 Å². The Balaban J connectivity index is 2.01. The highest BCUT2D eigenvalue weighted by Gasteiger charge is 2.08. The summed E-state index contributed by atoms with van der Waals surface area (Å²) in [7, 11) is 1.56. The van der Waals surface area contributed by atoms with E-state index < -0.39 is 0 Å². The van der Waals surface area contributed by atoms with Gasteiger partial charge in [0, 0.05) is 10.5 Å². The number of benzene rings is 2. The number of ether oxygens (including phenoxy) is 1. The van der Waals surface area contributed by atoms with Crippen molar-refractivity contribution in [3.63, 3.8) is 0 Å². The van der Waals surface area contributed by atoms with Crippen LogP contribution in [0.25, 0.3) is 0 Å². The van der Waals surface area contributed by atoms with Crippen molar-refractivity contribution >= 4 is 17.5 Å². The predicted octanol–water partition coefficient (Wildman–Crippen LogP) is 3.81. The minimum atomic E-state index is -0.293. The van der Waals surface area contributed by atoms with Crippen LogP contribution >= 0.6 is 11.8 Å². The number of carbonyl (C=O) groups is 1. The van der Waals surface area contributed by atoms with Crippen molar-refractivity contribution in [3.8, 4) is 5.75 Å². The highest BCUT2D eigenvalue weighted by molar-refractivity contribution is 8.00. The Hall–Kier alpha value is -1.81. The van der Waals surface area contributed by atoms with Crippen LogP contribution in [0, 0.1) is 5.82 Å². The van der Waals surface area contributed by atoms with Crippen molar-refractivity contribution in [3.05, 3.63) is 59.9 Å². The summed E-state index contributed by atoms with van der Waals surface area (Å²) in [5.41, 5.74) is 0.600. The maximum atomic E-state index is 13.0. The fourth-order valence-electron chi connectivity index (χ4n) is 1.59. The number of hydrogen-bond acceptors (Lipinski definition) is 3. The lowest BCUT2D eigenvalue weighted by atomic mass is 10.1. The molecule has 19 heavy (non-hydrogen) atoms. The standard InChI is InChI=1S/C15H13FO2S/c1-18-13-6-2-4-11(8-13)15(17)10-19-14-7-3-5-12(16)9-14/h2-9H,10H2,1H3. The van der Waals surface area contributed by atoms with Crippen molar-refractivity contribution < 1.29 is 13.9 Å². The maximum Gasteiger partial charge on any atom is 0.173 e. The smallest absolute Gasteiger partial charge is 0.173 e. The third-order valence-electron chi connectivity index (χ3n) is 2.56. The van der Waals surface area contributed by atoms with Crippen LogP contribution in [0.2, 0.25) is 0 Å². The molecule has 0 aliphatic carbocycles. The zero-order chi connectivity index (χ0) is 13.7. The van der Waals surface area contributed by atoms with E-state index in [2.05, 4.69) is 0 Å². The summed E-state index contributed by atoms with van der Waals surface area (Å²) in [6.07, 6.45) is 0. The van der Waals surface area contributed by atoms with E-state index in [1.54, 1.807) is 43.5 Å². The van der Waals surface area contributed by atoms with Gasteiger partial charge in [0.25, 0.3) is 0 Å². The molecule has 0 atom stereocenters. The van der Waals surface area contributed by atoms with Gasteiger partial charge in [0.2, 0.25) is 0 Å². The van der Waals surface area contributed by atoms with Crippen LogP contribution in [0.1, 0.15) is 10.4 Å². The lowest BCUT2D eigenvalue weighted by Gasteiger charge is -2.04. The van der Waals surface area contributed by atoms with E-state index in [4.69, 9.17) is 4.74 Å². The number of Topliss-reactive ketones (excluding diaryl/α,β-unsaturated/α-hetero) is 1. The minimum Gasteiger partial charge on any atom is -0.497 e. The SMILES string of the molecule is COc1cccc(C(=O)CSc2cccc(F)c2)c1.